The van der Waals surface area contributed by atoms with Crippen molar-refractivity contribution in [2.75, 3.05) is 25.0 Å². The molecule has 1 aromatic carbocycles. The fourth-order valence-electron chi connectivity index (χ4n) is 4.50. The van der Waals surface area contributed by atoms with Gasteiger partial charge in [0.1, 0.15) is 0 Å². The molecular formula is C24H29N3O3. The first kappa shape index (κ1) is 20.5. The Morgan fingerprint density at radius 1 is 1.13 bits per heavy atom. The third-order valence-electron chi connectivity index (χ3n) is 6.28. The van der Waals surface area contributed by atoms with E-state index < -0.39 is 5.97 Å². The smallest absolute Gasteiger partial charge is 0.317 e. The van der Waals surface area contributed by atoms with E-state index in [-0.39, 0.29) is 18.4 Å². The van der Waals surface area contributed by atoms with Gasteiger partial charge >= 0.3 is 5.97 Å². The van der Waals surface area contributed by atoms with Crippen molar-refractivity contribution >= 4 is 17.6 Å². The zero-order valence-corrected chi connectivity index (χ0v) is 17.5. The van der Waals surface area contributed by atoms with Crippen LogP contribution in [0.4, 0.5) is 5.69 Å². The molecule has 0 bridgehead atoms. The van der Waals surface area contributed by atoms with Gasteiger partial charge in [-0.25, -0.2) is 0 Å². The van der Waals surface area contributed by atoms with Crippen molar-refractivity contribution in [2.45, 2.75) is 45.4 Å². The molecule has 1 aromatic heterocycles. The van der Waals surface area contributed by atoms with Crippen LogP contribution >= 0.6 is 0 Å². The number of hydrogen-bond donors (Lipinski definition) is 2. The van der Waals surface area contributed by atoms with Gasteiger partial charge in [-0.15, -0.1) is 0 Å². The van der Waals surface area contributed by atoms with Gasteiger partial charge < -0.3 is 10.4 Å². The summed E-state index contributed by atoms with van der Waals surface area (Å²) >= 11 is 0. The fraction of sp³-hybridized carbons (Fsp3) is 0.458. The van der Waals surface area contributed by atoms with E-state index in [4.69, 9.17) is 10.1 Å². The fourth-order valence-corrected chi connectivity index (χ4v) is 4.50. The summed E-state index contributed by atoms with van der Waals surface area (Å²) in [4.78, 5) is 30.4. The minimum Gasteiger partial charge on any atom is -0.480 e. The van der Waals surface area contributed by atoms with Crippen LogP contribution in [0.5, 0.6) is 0 Å². The zero-order valence-electron chi connectivity index (χ0n) is 17.5. The topological polar surface area (TPSA) is 82.5 Å². The van der Waals surface area contributed by atoms with Crippen molar-refractivity contribution in [3.63, 3.8) is 0 Å². The molecule has 6 heteroatoms. The van der Waals surface area contributed by atoms with Gasteiger partial charge in [-0.05, 0) is 87.9 Å². The molecule has 0 unspecified atom stereocenters. The molecule has 2 N–H and O–H groups in total. The summed E-state index contributed by atoms with van der Waals surface area (Å²) in [6.45, 7) is 3.40. The highest BCUT2D eigenvalue weighted by molar-refractivity contribution is 5.93. The number of piperidine rings is 1. The number of aryl methyl sites for hydroxylation is 3. The van der Waals surface area contributed by atoms with Gasteiger partial charge in [-0.1, -0.05) is 12.1 Å². The first-order chi connectivity index (χ1) is 14.5. The van der Waals surface area contributed by atoms with E-state index in [9.17, 15) is 9.59 Å². The Bertz CT molecular complexity index is 949. The number of hydrogen-bond acceptors (Lipinski definition) is 4. The average Bonchev–Trinajstić information content (AvgIpc) is 2.75. The molecule has 2 heterocycles. The van der Waals surface area contributed by atoms with Crippen molar-refractivity contribution in [3.05, 3.63) is 47.2 Å². The first-order valence-electron chi connectivity index (χ1n) is 10.8. The molecule has 30 heavy (non-hydrogen) atoms. The summed E-state index contributed by atoms with van der Waals surface area (Å²) in [5.41, 5.74) is 6.51. The molecule has 1 fully saturated rings. The predicted molar refractivity (Wildman–Crippen MR) is 116 cm³/mol. The molecule has 2 aliphatic rings. The molecule has 0 spiro atoms. The molecule has 1 aliphatic heterocycles. The van der Waals surface area contributed by atoms with Crippen molar-refractivity contribution in [1.29, 1.82) is 0 Å². The van der Waals surface area contributed by atoms with Gasteiger partial charge in [-0.2, -0.15) is 0 Å². The number of amides is 1. The van der Waals surface area contributed by atoms with E-state index in [1.54, 1.807) is 0 Å². The normalized spacial score (nSPS) is 17.4. The lowest BCUT2D eigenvalue weighted by Gasteiger charge is -2.30. The molecule has 6 nitrogen and oxygen atoms in total. The van der Waals surface area contributed by atoms with E-state index in [2.05, 4.69) is 24.4 Å². The molecule has 158 valence electrons. The molecule has 0 saturated carbocycles. The molecule has 0 radical (unpaired) electrons. The number of aliphatic carboxylic acids is 1. The van der Waals surface area contributed by atoms with Crippen LogP contribution in [0, 0.1) is 12.8 Å². The van der Waals surface area contributed by atoms with E-state index >= 15 is 0 Å². The number of rotatable bonds is 5. The van der Waals surface area contributed by atoms with E-state index in [1.807, 2.05) is 23.1 Å². The standard InChI is InChI=1S/C24H29N3O3/c1-16-6-8-19(25-24(30)18-10-12-27(13-11-18)15-23(28)29)14-20(16)22-9-7-17-4-2-3-5-21(17)26-22/h6-9,14,18H,2-5,10-13,15H2,1H3,(H,25,30)(H,28,29). The number of nitrogens with zero attached hydrogens (tertiary/aromatic N) is 2. The molecule has 0 atom stereocenters. The maximum atomic E-state index is 12.8. The van der Waals surface area contributed by atoms with Gasteiger partial charge in [0.15, 0.2) is 0 Å². The number of carboxylic acids is 1. The summed E-state index contributed by atoms with van der Waals surface area (Å²) < 4.78 is 0. The largest absolute Gasteiger partial charge is 0.480 e. The number of carbonyl (C=O) groups is 2. The zero-order chi connectivity index (χ0) is 21.1. The van der Waals surface area contributed by atoms with Crippen LogP contribution in [0.1, 0.15) is 42.5 Å². The van der Waals surface area contributed by atoms with Crippen molar-refractivity contribution in [2.24, 2.45) is 5.92 Å². The summed E-state index contributed by atoms with van der Waals surface area (Å²) in [5.74, 6) is -0.888. The number of benzene rings is 1. The number of pyridine rings is 1. The number of anilines is 1. The second-order valence-electron chi connectivity index (χ2n) is 8.47. The van der Waals surface area contributed by atoms with E-state index in [0.717, 1.165) is 35.3 Å². The Balaban J connectivity index is 1.45. The van der Waals surface area contributed by atoms with Crippen molar-refractivity contribution < 1.29 is 14.7 Å². The number of nitrogens with one attached hydrogen (secondary N) is 1. The number of likely N-dealkylation sites (tertiary alicyclic amines) is 1. The molecular weight excluding hydrogens is 378 g/mol. The molecule has 1 saturated heterocycles. The summed E-state index contributed by atoms with van der Waals surface area (Å²) in [5, 5.41) is 12.0. The number of carboxylic acid groups (broad SMARTS) is 1. The Kier molecular flexibility index (Phi) is 6.13. The van der Waals surface area contributed by atoms with Crippen LogP contribution in [0.3, 0.4) is 0 Å². The maximum absolute atomic E-state index is 12.8. The van der Waals surface area contributed by atoms with Crippen molar-refractivity contribution in [1.82, 2.24) is 9.88 Å². The summed E-state index contributed by atoms with van der Waals surface area (Å²) in [6.07, 6.45) is 5.96. The highest BCUT2D eigenvalue weighted by Crippen LogP contribution is 2.29. The minimum atomic E-state index is -0.819. The summed E-state index contributed by atoms with van der Waals surface area (Å²) in [6, 6.07) is 10.3. The Morgan fingerprint density at radius 3 is 2.67 bits per heavy atom. The molecule has 2 aromatic rings. The van der Waals surface area contributed by atoms with Gasteiger partial charge in [-0.3, -0.25) is 19.5 Å². The van der Waals surface area contributed by atoms with Gasteiger partial charge in [0.05, 0.1) is 12.2 Å². The third kappa shape index (κ3) is 4.70. The van der Waals surface area contributed by atoms with Gasteiger partial charge in [0, 0.05) is 22.9 Å². The van der Waals surface area contributed by atoms with Gasteiger partial charge in [0.25, 0.3) is 0 Å². The quantitative estimate of drug-likeness (QED) is 0.790. The van der Waals surface area contributed by atoms with E-state index in [1.165, 1.54) is 24.1 Å². The minimum absolute atomic E-state index is 0.0122. The lowest BCUT2D eigenvalue weighted by Crippen LogP contribution is -2.40. The van der Waals surface area contributed by atoms with Crippen LogP contribution in [-0.2, 0) is 22.4 Å². The molecule has 1 aliphatic carbocycles. The Morgan fingerprint density at radius 2 is 1.90 bits per heavy atom. The highest BCUT2D eigenvalue weighted by Gasteiger charge is 2.26. The van der Waals surface area contributed by atoms with Crippen LogP contribution in [0.2, 0.25) is 0 Å². The molecule has 4 rings (SSSR count). The van der Waals surface area contributed by atoms with E-state index in [0.29, 0.717) is 25.9 Å². The van der Waals surface area contributed by atoms with Gasteiger partial charge in [0.2, 0.25) is 5.91 Å². The highest BCUT2D eigenvalue weighted by atomic mass is 16.4. The number of aromatic nitrogens is 1. The number of carbonyl (C=O) groups excluding carboxylic acids is 1. The van der Waals surface area contributed by atoms with Crippen LogP contribution in [0.25, 0.3) is 11.3 Å². The lowest BCUT2D eigenvalue weighted by molar-refractivity contribution is -0.138. The second kappa shape index (κ2) is 8.96. The Hall–Kier alpha value is -2.73. The SMILES string of the molecule is Cc1ccc(NC(=O)C2CCN(CC(=O)O)CC2)cc1-c1ccc2c(n1)CCCC2. The monoisotopic (exact) mass is 407 g/mol. The average molecular weight is 408 g/mol. The molecule has 1 amide bonds. The van der Waals surface area contributed by atoms with Crippen molar-refractivity contribution in [3.8, 4) is 11.3 Å². The van der Waals surface area contributed by atoms with Crippen LogP contribution in [0.15, 0.2) is 30.3 Å². The lowest BCUT2D eigenvalue weighted by atomic mass is 9.94. The predicted octanol–water partition coefficient (Wildman–Crippen LogP) is 3.67. The Labute approximate surface area is 177 Å². The van der Waals surface area contributed by atoms with Crippen LogP contribution < -0.4 is 5.32 Å². The second-order valence-corrected chi connectivity index (χ2v) is 8.47. The number of fused-ring (bicyclic) bond motifs is 1. The third-order valence-corrected chi connectivity index (χ3v) is 6.28. The first-order valence-corrected chi connectivity index (χ1v) is 10.8. The maximum Gasteiger partial charge on any atom is 0.317 e. The van der Waals surface area contributed by atoms with Crippen LogP contribution in [-0.4, -0.2) is 46.5 Å². The summed E-state index contributed by atoms with van der Waals surface area (Å²) in [7, 11) is 0.